The van der Waals surface area contributed by atoms with E-state index in [1.54, 1.807) is 6.92 Å². The number of nitrogens with one attached hydrogen (secondary N) is 1. The fourth-order valence-corrected chi connectivity index (χ4v) is 2.45. The number of aryl methyl sites for hydroxylation is 1. The molecular weight excluding hydrogens is 266 g/mol. The van der Waals surface area contributed by atoms with E-state index in [1.807, 2.05) is 6.92 Å². The average molecular weight is 285 g/mol. The highest BCUT2D eigenvalue weighted by Gasteiger charge is 2.29. The first-order chi connectivity index (χ1) is 9.19. The lowest BCUT2D eigenvalue weighted by Crippen LogP contribution is -2.39. The Bertz CT molecular complexity index is 420. The Morgan fingerprint density at radius 2 is 2.37 bits per heavy atom. The molecule has 0 saturated heterocycles. The van der Waals surface area contributed by atoms with E-state index in [9.17, 15) is 4.79 Å². The van der Waals surface area contributed by atoms with Crippen molar-refractivity contribution >= 4 is 17.7 Å². The first kappa shape index (κ1) is 14.3. The lowest BCUT2D eigenvalue weighted by atomic mass is 10.2. The highest BCUT2D eigenvalue weighted by Crippen LogP contribution is 2.22. The summed E-state index contributed by atoms with van der Waals surface area (Å²) in [6.45, 7) is 3.99. The van der Waals surface area contributed by atoms with Crippen LogP contribution in [0.2, 0.25) is 0 Å². The van der Waals surface area contributed by atoms with Crippen LogP contribution in [0.25, 0.3) is 0 Å². The van der Waals surface area contributed by atoms with Gasteiger partial charge in [-0.3, -0.25) is 4.79 Å². The topological polar surface area (TPSA) is 77.2 Å². The van der Waals surface area contributed by atoms with Gasteiger partial charge in [-0.05, 0) is 26.2 Å². The Balaban J connectivity index is 1.76. The van der Waals surface area contributed by atoms with Gasteiger partial charge in [0, 0.05) is 18.7 Å². The third kappa shape index (κ3) is 4.83. The lowest BCUT2D eigenvalue weighted by molar-refractivity contribution is -0.145. The number of esters is 1. The SMILES string of the molecule is CCOC(=O)C(CCSc1nnc(C)o1)NC1CC1. The highest BCUT2D eigenvalue weighted by atomic mass is 32.2. The van der Waals surface area contributed by atoms with Gasteiger partial charge >= 0.3 is 5.97 Å². The van der Waals surface area contributed by atoms with Gasteiger partial charge in [-0.15, -0.1) is 10.2 Å². The van der Waals surface area contributed by atoms with Crippen molar-refractivity contribution < 1.29 is 13.9 Å². The Hall–Kier alpha value is -1.08. The quantitative estimate of drug-likeness (QED) is 0.573. The van der Waals surface area contributed by atoms with Crippen LogP contribution in [0.4, 0.5) is 0 Å². The summed E-state index contributed by atoms with van der Waals surface area (Å²) in [5.74, 6) is 1.13. The standard InChI is InChI=1S/C12H19N3O3S/c1-3-17-11(16)10(13-9-4-5-9)6-7-19-12-15-14-8(2)18-12/h9-10,13H,3-7H2,1-2H3. The first-order valence-corrected chi connectivity index (χ1v) is 7.53. The number of carbonyl (C=O) groups is 1. The molecular formula is C12H19N3O3S. The summed E-state index contributed by atoms with van der Waals surface area (Å²) >= 11 is 1.46. The van der Waals surface area contributed by atoms with Crippen molar-refractivity contribution in [1.29, 1.82) is 0 Å². The summed E-state index contributed by atoms with van der Waals surface area (Å²) in [4.78, 5) is 11.8. The molecule has 1 aromatic rings. The predicted molar refractivity (Wildman–Crippen MR) is 71.0 cm³/mol. The van der Waals surface area contributed by atoms with Gasteiger partial charge < -0.3 is 14.5 Å². The molecule has 0 aliphatic heterocycles. The van der Waals surface area contributed by atoms with Crippen LogP contribution in [-0.2, 0) is 9.53 Å². The van der Waals surface area contributed by atoms with Crippen molar-refractivity contribution in [3.05, 3.63) is 5.89 Å². The Morgan fingerprint density at radius 1 is 1.58 bits per heavy atom. The summed E-state index contributed by atoms with van der Waals surface area (Å²) in [6, 6.07) is 0.244. The molecule has 1 unspecified atom stereocenters. The molecule has 19 heavy (non-hydrogen) atoms. The van der Waals surface area contributed by atoms with Crippen molar-refractivity contribution in [2.45, 2.75) is 50.4 Å². The summed E-state index contributed by atoms with van der Waals surface area (Å²) in [5, 5.41) is 11.5. The number of rotatable bonds is 8. The molecule has 1 N–H and O–H groups in total. The van der Waals surface area contributed by atoms with Gasteiger partial charge in [0.25, 0.3) is 5.22 Å². The van der Waals surface area contributed by atoms with E-state index < -0.39 is 0 Å². The molecule has 2 rings (SSSR count). The fraction of sp³-hybridized carbons (Fsp3) is 0.750. The molecule has 7 heteroatoms. The Labute approximate surface area is 116 Å². The second kappa shape index (κ2) is 6.91. The summed E-state index contributed by atoms with van der Waals surface area (Å²) in [7, 11) is 0. The van der Waals surface area contributed by atoms with Gasteiger partial charge in [0.2, 0.25) is 5.89 Å². The van der Waals surface area contributed by atoms with Crippen molar-refractivity contribution in [2.24, 2.45) is 0 Å². The Morgan fingerprint density at radius 3 is 2.95 bits per heavy atom. The molecule has 0 bridgehead atoms. The first-order valence-electron chi connectivity index (χ1n) is 6.54. The number of nitrogens with zero attached hydrogens (tertiary/aromatic N) is 2. The van der Waals surface area contributed by atoms with Gasteiger partial charge in [-0.2, -0.15) is 0 Å². The van der Waals surface area contributed by atoms with E-state index >= 15 is 0 Å². The Kier molecular flexibility index (Phi) is 5.21. The summed E-state index contributed by atoms with van der Waals surface area (Å²) in [6.07, 6.45) is 2.99. The van der Waals surface area contributed by atoms with Crippen LogP contribution in [0.15, 0.2) is 9.64 Å². The van der Waals surface area contributed by atoms with Crippen LogP contribution in [0.5, 0.6) is 0 Å². The number of ether oxygens (including phenoxy) is 1. The minimum absolute atomic E-state index is 0.170. The minimum Gasteiger partial charge on any atom is -0.465 e. The van der Waals surface area contributed by atoms with Gasteiger partial charge in [0.1, 0.15) is 6.04 Å². The molecule has 1 aromatic heterocycles. The number of aromatic nitrogens is 2. The molecule has 1 saturated carbocycles. The van der Waals surface area contributed by atoms with Crippen molar-refractivity contribution in [2.75, 3.05) is 12.4 Å². The van der Waals surface area contributed by atoms with Crippen molar-refractivity contribution in [3.8, 4) is 0 Å². The van der Waals surface area contributed by atoms with Crippen molar-refractivity contribution in [1.82, 2.24) is 15.5 Å². The fourth-order valence-electron chi connectivity index (χ4n) is 1.65. The molecule has 0 aromatic carbocycles. The maximum absolute atomic E-state index is 11.8. The van der Waals surface area contributed by atoms with E-state index in [-0.39, 0.29) is 12.0 Å². The average Bonchev–Trinajstić information content (AvgIpc) is 3.10. The largest absolute Gasteiger partial charge is 0.465 e. The van der Waals surface area contributed by atoms with E-state index in [0.29, 0.717) is 30.2 Å². The molecule has 1 aliphatic rings. The second-order valence-electron chi connectivity index (χ2n) is 4.47. The predicted octanol–water partition coefficient (Wildman–Crippen LogP) is 1.54. The maximum atomic E-state index is 11.8. The third-order valence-electron chi connectivity index (χ3n) is 2.72. The van der Waals surface area contributed by atoms with Crippen LogP contribution in [0.1, 0.15) is 32.1 Å². The van der Waals surface area contributed by atoms with Crippen molar-refractivity contribution in [3.63, 3.8) is 0 Å². The normalized spacial score (nSPS) is 16.3. The van der Waals surface area contributed by atoms with Gasteiger partial charge in [-0.25, -0.2) is 0 Å². The summed E-state index contributed by atoms with van der Waals surface area (Å²) in [5.41, 5.74) is 0. The third-order valence-corrected chi connectivity index (χ3v) is 3.58. The molecule has 0 amide bonds. The smallest absolute Gasteiger partial charge is 0.323 e. The van der Waals surface area contributed by atoms with Crippen LogP contribution >= 0.6 is 11.8 Å². The number of hydrogen-bond acceptors (Lipinski definition) is 7. The number of carbonyl (C=O) groups excluding carboxylic acids is 1. The highest BCUT2D eigenvalue weighted by molar-refractivity contribution is 7.99. The molecule has 6 nitrogen and oxygen atoms in total. The molecule has 106 valence electrons. The lowest BCUT2D eigenvalue weighted by Gasteiger charge is -2.16. The van der Waals surface area contributed by atoms with E-state index in [2.05, 4.69) is 15.5 Å². The van der Waals surface area contributed by atoms with Crippen LogP contribution in [0, 0.1) is 6.92 Å². The van der Waals surface area contributed by atoms with E-state index in [0.717, 1.165) is 18.6 Å². The molecule has 0 radical (unpaired) electrons. The zero-order chi connectivity index (χ0) is 13.7. The molecule has 1 heterocycles. The monoisotopic (exact) mass is 285 g/mol. The van der Waals surface area contributed by atoms with Gasteiger partial charge in [0.15, 0.2) is 0 Å². The number of thioether (sulfide) groups is 1. The van der Waals surface area contributed by atoms with E-state index in [1.165, 1.54) is 11.8 Å². The van der Waals surface area contributed by atoms with Crippen LogP contribution in [-0.4, -0.2) is 40.6 Å². The number of hydrogen-bond donors (Lipinski definition) is 1. The van der Waals surface area contributed by atoms with Gasteiger partial charge in [0.05, 0.1) is 6.61 Å². The molecule has 1 aliphatic carbocycles. The molecule has 0 spiro atoms. The minimum atomic E-state index is -0.232. The second-order valence-corrected chi connectivity index (χ2v) is 5.52. The van der Waals surface area contributed by atoms with Crippen LogP contribution in [0.3, 0.4) is 0 Å². The summed E-state index contributed by atoms with van der Waals surface area (Å²) < 4.78 is 10.3. The molecule has 1 atom stereocenters. The zero-order valence-corrected chi connectivity index (χ0v) is 12.0. The van der Waals surface area contributed by atoms with Gasteiger partial charge in [-0.1, -0.05) is 11.8 Å². The van der Waals surface area contributed by atoms with E-state index in [4.69, 9.17) is 9.15 Å². The van der Waals surface area contributed by atoms with Crippen LogP contribution < -0.4 is 5.32 Å². The maximum Gasteiger partial charge on any atom is 0.323 e. The zero-order valence-electron chi connectivity index (χ0n) is 11.2. The molecule has 1 fully saturated rings.